The maximum Gasteiger partial charge on any atom is 0.300 e. The summed E-state index contributed by atoms with van der Waals surface area (Å²) in [6.45, 7) is 8.31. The Kier molecular flexibility index (Phi) is 9.19. The lowest BCUT2D eigenvalue weighted by Gasteiger charge is -2.27. The van der Waals surface area contributed by atoms with Crippen molar-refractivity contribution in [1.29, 1.82) is 0 Å². The predicted octanol–water partition coefficient (Wildman–Crippen LogP) is 7.01. The van der Waals surface area contributed by atoms with E-state index in [1.807, 2.05) is 26.0 Å². The molecule has 0 saturated carbocycles. The molecular formula is C32H34F2N2O4. The Hall–Kier alpha value is -4.20. The molecule has 8 heteroatoms. The van der Waals surface area contributed by atoms with E-state index in [9.17, 15) is 23.5 Å². The van der Waals surface area contributed by atoms with Crippen LogP contribution < -0.4 is 14.5 Å². The highest BCUT2D eigenvalue weighted by atomic mass is 19.1. The van der Waals surface area contributed by atoms with Crippen LogP contribution in [-0.2, 0) is 9.59 Å². The van der Waals surface area contributed by atoms with E-state index in [2.05, 4.69) is 11.8 Å². The molecule has 1 N–H and O–H groups in total. The largest absolute Gasteiger partial charge is 0.507 e. The Morgan fingerprint density at radius 3 is 2.20 bits per heavy atom. The second-order valence-electron chi connectivity index (χ2n) is 9.61. The van der Waals surface area contributed by atoms with Crippen LogP contribution in [0.5, 0.6) is 5.75 Å². The third-order valence-electron chi connectivity index (χ3n) is 7.10. The van der Waals surface area contributed by atoms with Crippen LogP contribution in [0.3, 0.4) is 0 Å². The number of hydrogen-bond acceptors (Lipinski definition) is 5. The molecule has 3 aromatic rings. The quantitative estimate of drug-likeness (QED) is 0.121. The first kappa shape index (κ1) is 28.8. The normalized spacial score (nSPS) is 16.4. The molecule has 1 aliphatic rings. The number of ether oxygens (including phenoxy) is 1. The number of aliphatic hydroxyl groups excluding tert-OH is 1. The van der Waals surface area contributed by atoms with Gasteiger partial charge in [0.05, 0.1) is 23.9 Å². The molecule has 6 nitrogen and oxygen atoms in total. The van der Waals surface area contributed by atoms with Crippen LogP contribution in [0.25, 0.3) is 5.76 Å². The van der Waals surface area contributed by atoms with Gasteiger partial charge in [0.25, 0.3) is 11.7 Å². The average Bonchev–Trinajstić information content (AvgIpc) is 3.22. The number of carbonyl (C=O) groups excluding carboxylic acids is 2. The molecule has 1 fully saturated rings. The number of nitrogens with zero attached hydrogens (tertiary/aromatic N) is 2. The first-order valence-corrected chi connectivity index (χ1v) is 13.6. The van der Waals surface area contributed by atoms with Crippen molar-refractivity contribution >= 4 is 28.8 Å². The molecule has 0 aliphatic carbocycles. The number of carbonyl (C=O) groups is 2. The lowest BCUT2D eigenvalue weighted by atomic mass is 9.94. The summed E-state index contributed by atoms with van der Waals surface area (Å²) in [4.78, 5) is 29.8. The SMILES string of the molecule is CCCCCOc1ccc(/C(O)=C2\C(=O)C(=O)N(c3ccc(F)cc3F)C2c2ccc(N(CC)CC)cc2)cc1. The second kappa shape index (κ2) is 12.8. The zero-order valence-electron chi connectivity index (χ0n) is 23.0. The van der Waals surface area contributed by atoms with Crippen molar-refractivity contribution in [2.75, 3.05) is 29.5 Å². The highest BCUT2D eigenvalue weighted by Gasteiger charge is 2.47. The molecule has 3 aromatic carbocycles. The van der Waals surface area contributed by atoms with E-state index in [0.717, 1.165) is 55.1 Å². The first-order valence-electron chi connectivity index (χ1n) is 13.6. The molecule has 0 bridgehead atoms. The Bertz CT molecular complexity index is 1380. The Labute approximate surface area is 233 Å². The number of unbranched alkanes of at least 4 members (excludes halogenated alkanes) is 2. The number of amides is 1. The third-order valence-corrected chi connectivity index (χ3v) is 7.10. The summed E-state index contributed by atoms with van der Waals surface area (Å²) >= 11 is 0. The van der Waals surface area contributed by atoms with Crippen molar-refractivity contribution in [2.45, 2.75) is 46.1 Å². The Morgan fingerprint density at radius 2 is 1.60 bits per heavy atom. The van der Waals surface area contributed by atoms with Crippen LogP contribution in [0.1, 0.15) is 57.2 Å². The minimum Gasteiger partial charge on any atom is -0.507 e. The highest BCUT2D eigenvalue weighted by molar-refractivity contribution is 6.51. The molecule has 210 valence electrons. The summed E-state index contributed by atoms with van der Waals surface area (Å²) in [7, 11) is 0. The molecule has 1 unspecified atom stereocenters. The zero-order valence-corrected chi connectivity index (χ0v) is 23.0. The van der Waals surface area contributed by atoms with E-state index in [1.165, 1.54) is 0 Å². The van der Waals surface area contributed by atoms with Gasteiger partial charge in [0, 0.05) is 30.4 Å². The Morgan fingerprint density at radius 1 is 0.925 bits per heavy atom. The number of ketones is 1. The van der Waals surface area contributed by atoms with Gasteiger partial charge in [-0.2, -0.15) is 0 Å². The fourth-order valence-corrected chi connectivity index (χ4v) is 4.94. The number of Topliss-reactive ketones (excluding diaryl/α,β-unsaturated/α-hetero) is 1. The minimum absolute atomic E-state index is 0.180. The van der Waals surface area contributed by atoms with E-state index in [-0.39, 0.29) is 11.3 Å². The van der Waals surface area contributed by atoms with Gasteiger partial charge in [-0.3, -0.25) is 14.5 Å². The van der Waals surface area contributed by atoms with Gasteiger partial charge in [0.1, 0.15) is 23.1 Å². The number of rotatable bonds is 11. The van der Waals surface area contributed by atoms with Gasteiger partial charge in [-0.05, 0) is 74.4 Å². The van der Waals surface area contributed by atoms with E-state index >= 15 is 0 Å². The third kappa shape index (κ3) is 5.86. The van der Waals surface area contributed by atoms with Crippen LogP contribution in [-0.4, -0.2) is 36.5 Å². The monoisotopic (exact) mass is 548 g/mol. The van der Waals surface area contributed by atoms with Crippen molar-refractivity contribution in [1.82, 2.24) is 0 Å². The summed E-state index contributed by atoms with van der Waals surface area (Å²) in [5.41, 5.74) is 1.31. The average molecular weight is 549 g/mol. The maximum absolute atomic E-state index is 15.0. The van der Waals surface area contributed by atoms with Crippen molar-refractivity contribution in [3.8, 4) is 5.75 Å². The standard InChI is InChI=1S/C32H34F2N2O4/c1-4-7-8-19-40-25-16-11-22(12-17-25)30(37)28-29(21-9-14-24(15-10-21)35(5-2)6-3)36(32(39)31(28)38)27-18-13-23(33)20-26(27)34/h9-18,20,29,37H,4-8,19H2,1-3H3/b30-28+. The molecule has 1 atom stereocenters. The van der Waals surface area contributed by atoms with Crippen LogP contribution in [0.2, 0.25) is 0 Å². The van der Waals surface area contributed by atoms with Crippen LogP contribution >= 0.6 is 0 Å². The van der Waals surface area contributed by atoms with Crippen molar-refractivity contribution in [3.05, 3.63) is 95.1 Å². The molecule has 1 amide bonds. The van der Waals surface area contributed by atoms with Crippen molar-refractivity contribution < 1.29 is 28.2 Å². The van der Waals surface area contributed by atoms with E-state index < -0.39 is 35.1 Å². The molecule has 0 aromatic heterocycles. The zero-order chi connectivity index (χ0) is 28.8. The molecule has 0 radical (unpaired) electrons. The van der Waals surface area contributed by atoms with Gasteiger partial charge in [-0.25, -0.2) is 8.78 Å². The van der Waals surface area contributed by atoms with Crippen LogP contribution in [0.15, 0.2) is 72.3 Å². The number of benzene rings is 3. The molecule has 0 spiro atoms. The van der Waals surface area contributed by atoms with E-state index in [1.54, 1.807) is 36.4 Å². The van der Waals surface area contributed by atoms with Gasteiger partial charge in [0.15, 0.2) is 0 Å². The predicted molar refractivity (Wildman–Crippen MR) is 153 cm³/mol. The molecular weight excluding hydrogens is 514 g/mol. The minimum atomic E-state index is -1.13. The van der Waals surface area contributed by atoms with Gasteiger partial charge in [-0.1, -0.05) is 31.9 Å². The summed E-state index contributed by atoms with van der Waals surface area (Å²) in [6.07, 6.45) is 3.06. The van der Waals surface area contributed by atoms with Gasteiger partial charge < -0.3 is 14.7 Å². The number of aliphatic hydroxyl groups is 1. The fraction of sp³-hybridized carbons (Fsp3) is 0.312. The summed E-state index contributed by atoms with van der Waals surface area (Å²) < 4.78 is 34.4. The molecule has 4 rings (SSSR count). The van der Waals surface area contributed by atoms with E-state index in [0.29, 0.717) is 29.5 Å². The van der Waals surface area contributed by atoms with E-state index in [4.69, 9.17) is 4.74 Å². The number of hydrogen-bond donors (Lipinski definition) is 1. The number of anilines is 2. The van der Waals surface area contributed by atoms with Gasteiger partial charge in [-0.15, -0.1) is 0 Å². The van der Waals surface area contributed by atoms with Gasteiger partial charge in [0.2, 0.25) is 0 Å². The molecule has 1 aliphatic heterocycles. The topological polar surface area (TPSA) is 70.1 Å². The maximum atomic E-state index is 15.0. The van der Waals surface area contributed by atoms with Crippen molar-refractivity contribution in [2.24, 2.45) is 0 Å². The molecule has 1 heterocycles. The molecule has 1 saturated heterocycles. The first-order chi connectivity index (χ1) is 19.3. The molecule has 40 heavy (non-hydrogen) atoms. The summed E-state index contributed by atoms with van der Waals surface area (Å²) in [5, 5.41) is 11.4. The van der Waals surface area contributed by atoms with Crippen LogP contribution in [0.4, 0.5) is 20.2 Å². The number of halogens is 2. The smallest absolute Gasteiger partial charge is 0.300 e. The summed E-state index contributed by atoms with van der Waals surface area (Å²) in [5.74, 6) is -3.55. The summed E-state index contributed by atoms with van der Waals surface area (Å²) in [6, 6.07) is 15.5. The Balaban J connectivity index is 1.79. The lowest BCUT2D eigenvalue weighted by molar-refractivity contribution is -0.132. The lowest BCUT2D eigenvalue weighted by Crippen LogP contribution is -2.30. The van der Waals surface area contributed by atoms with Gasteiger partial charge >= 0.3 is 0 Å². The highest BCUT2D eigenvalue weighted by Crippen LogP contribution is 2.43. The van der Waals surface area contributed by atoms with Crippen LogP contribution in [0, 0.1) is 11.6 Å². The fourth-order valence-electron chi connectivity index (χ4n) is 4.94. The van der Waals surface area contributed by atoms with Crippen molar-refractivity contribution in [3.63, 3.8) is 0 Å². The second-order valence-corrected chi connectivity index (χ2v) is 9.61.